The Morgan fingerprint density at radius 1 is 1.05 bits per heavy atom. The Hall–Kier alpha value is -2.00. The molecule has 7 nitrogen and oxygen atoms in total. The molecule has 0 aliphatic heterocycles. The molecule has 1 atom stereocenters. The highest BCUT2D eigenvalue weighted by Crippen LogP contribution is 2.25. The van der Waals surface area contributed by atoms with Crippen molar-refractivity contribution in [2.24, 2.45) is 0 Å². The molecule has 0 heterocycles. The molecule has 37 heavy (non-hydrogen) atoms. The molecule has 2 amide bonds. The van der Waals surface area contributed by atoms with Crippen LogP contribution in [0.15, 0.2) is 42.5 Å². The minimum Gasteiger partial charge on any atom is -0.352 e. The van der Waals surface area contributed by atoms with Crippen molar-refractivity contribution in [1.82, 2.24) is 10.2 Å². The molecule has 1 N–H and O–H groups in total. The third-order valence-electron chi connectivity index (χ3n) is 6.47. The summed E-state index contributed by atoms with van der Waals surface area (Å²) in [4.78, 5) is 28.0. The largest absolute Gasteiger partial charge is 0.352 e. The van der Waals surface area contributed by atoms with Crippen LogP contribution >= 0.6 is 34.8 Å². The zero-order valence-electron chi connectivity index (χ0n) is 20.9. The first-order valence-electron chi connectivity index (χ1n) is 12.2. The predicted octanol–water partition coefficient (Wildman–Crippen LogP) is 5.67. The molecule has 0 aromatic heterocycles. The van der Waals surface area contributed by atoms with E-state index in [4.69, 9.17) is 34.8 Å². The van der Waals surface area contributed by atoms with Gasteiger partial charge < -0.3 is 10.2 Å². The van der Waals surface area contributed by atoms with E-state index in [9.17, 15) is 18.0 Å². The summed E-state index contributed by atoms with van der Waals surface area (Å²) in [6.07, 6.45) is 5.41. The Labute approximate surface area is 234 Å². The molecular formula is C26H32Cl3N3O4S. The molecule has 0 bridgehead atoms. The van der Waals surface area contributed by atoms with E-state index in [1.165, 1.54) is 9.21 Å². The summed E-state index contributed by atoms with van der Waals surface area (Å²) in [5.41, 5.74) is 1.09. The summed E-state index contributed by atoms with van der Waals surface area (Å²) in [7, 11) is -3.60. The molecule has 0 spiro atoms. The van der Waals surface area contributed by atoms with Gasteiger partial charge in [-0.05, 0) is 62.1 Å². The average Bonchev–Trinajstić information content (AvgIpc) is 3.33. The van der Waals surface area contributed by atoms with Crippen molar-refractivity contribution < 1.29 is 18.0 Å². The second-order valence-electron chi connectivity index (χ2n) is 9.34. The van der Waals surface area contributed by atoms with Crippen LogP contribution in [0.2, 0.25) is 15.1 Å². The Kier molecular flexibility index (Phi) is 10.5. The van der Waals surface area contributed by atoms with Gasteiger partial charge in [-0.25, -0.2) is 8.42 Å². The summed E-state index contributed by atoms with van der Waals surface area (Å²) >= 11 is 18.4. The van der Waals surface area contributed by atoms with Crippen molar-refractivity contribution in [3.63, 3.8) is 0 Å². The van der Waals surface area contributed by atoms with Gasteiger partial charge in [-0.3, -0.25) is 13.9 Å². The molecule has 1 aliphatic rings. The highest BCUT2D eigenvalue weighted by Gasteiger charge is 2.29. The maximum absolute atomic E-state index is 13.4. The van der Waals surface area contributed by atoms with Crippen LogP contribution in [-0.2, 0) is 26.2 Å². The van der Waals surface area contributed by atoms with Gasteiger partial charge in [-0.15, -0.1) is 0 Å². The number of hydrogen-bond donors (Lipinski definition) is 1. The van der Waals surface area contributed by atoms with Crippen molar-refractivity contribution >= 4 is 62.3 Å². The first kappa shape index (κ1) is 29.6. The standard InChI is InChI=1S/C26H32Cl3N3O4S/c1-18(26(34)30-22-8-3-4-9-22)31(17-19-12-13-21(28)16-24(19)29)25(33)11-6-14-32(37(2,35)36)23-10-5-7-20(27)15-23/h5,7,10,12-13,15-16,18,22H,3-4,6,8-9,11,14,17H2,1-2H3,(H,30,34)/t18-/m1/s1. The van der Waals surface area contributed by atoms with Crippen LogP contribution in [-0.4, -0.2) is 50.0 Å². The number of benzene rings is 2. The van der Waals surface area contributed by atoms with Crippen molar-refractivity contribution in [2.75, 3.05) is 17.1 Å². The number of sulfonamides is 1. The first-order valence-corrected chi connectivity index (χ1v) is 15.2. The van der Waals surface area contributed by atoms with E-state index < -0.39 is 16.1 Å². The minimum atomic E-state index is -3.60. The van der Waals surface area contributed by atoms with E-state index in [1.54, 1.807) is 49.4 Å². The number of halogens is 3. The lowest BCUT2D eigenvalue weighted by atomic mass is 10.1. The van der Waals surface area contributed by atoms with Gasteiger partial charge in [-0.2, -0.15) is 0 Å². The van der Waals surface area contributed by atoms with E-state index in [0.717, 1.165) is 31.9 Å². The molecule has 1 saturated carbocycles. The minimum absolute atomic E-state index is 0.0405. The number of rotatable bonds is 11. The first-order chi connectivity index (χ1) is 17.5. The number of carbonyl (C=O) groups excluding carboxylic acids is 2. The molecule has 2 aromatic rings. The summed E-state index contributed by atoms with van der Waals surface area (Å²) in [6, 6.07) is 10.9. The highest BCUT2D eigenvalue weighted by molar-refractivity contribution is 7.92. The number of amides is 2. The summed E-state index contributed by atoms with van der Waals surface area (Å²) in [5.74, 6) is -0.498. The Morgan fingerprint density at radius 3 is 2.35 bits per heavy atom. The van der Waals surface area contributed by atoms with Crippen molar-refractivity contribution in [2.45, 2.75) is 64.1 Å². The summed E-state index contributed by atoms with van der Waals surface area (Å²) in [6.45, 7) is 1.90. The van der Waals surface area contributed by atoms with Gasteiger partial charge in [-0.1, -0.05) is 59.8 Å². The highest BCUT2D eigenvalue weighted by atomic mass is 35.5. The van der Waals surface area contributed by atoms with Crippen LogP contribution in [0.4, 0.5) is 5.69 Å². The fraction of sp³-hybridized carbons (Fsp3) is 0.462. The molecule has 3 rings (SSSR count). The van der Waals surface area contributed by atoms with Gasteiger partial charge in [0.05, 0.1) is 11.9 Å². The van der Waals surface area contributed by atoms with Crippen LogP contribution < -0.4 is 9.62 Å². The molecule has 11 heteroatoms. The number of nitrogens with zero attached hydrogens (tertiary/aromatic N) is 2. The predicted molar refractivity (Wildman–Crippen MR) is 150 cm³/mol. The van der Waals surface area contributed by atoms with E-state index >= 15 is 0 Å². The van der Waals surface area contributed by atoms with E-state index in [2.05, 4.69) is 5.32 Å². The van der Waals surface area contributed by atoms with E-state index in [0.29, 0.717) is 26.3 Å². The summed E-state index contributed by atoms with van der Waals surface area (Å²) < 4.78 is 26.1. The van der Waals surface area contributed by atoms with Gasteiger partial charge in [0, 0.05) is 40.6 Å². The van der Waals surface area contributed by atoms with Gasteiger partial charge in [0.15, 0.2) is 0 Å². The fourth-order valence-electron chi connectivity index (χ4n) is 4.44. The summed E-state index contributed by atoms with van der Waals surface area (Å²) in [5, 5.41) is 4.34. The smallest absolute Gasteiger partial charge is 0.242 e. The van der Waals surface area contributed by atoms with Gasteiger partial charge in [0.25, 0.3) is 0 Å². The molecule has 2 aromatic carbocycles. The topological polar surface area (TPSA) is 86.8 Å². The molecule has 0 saturated heterocycles. The maximum atomic E-state index is 13.4. The number of nitrogens with one attached hydrogen (secondary N) is 1. The van der Waals surface area contributed by atoms with Gasteiger partial charge >= 0.3 is 0 Å². The molecular weight excluding hydrogens is 557 g/mol. The molecule has 202 valence electrons. The number of anilines is 1. The average molecular weight is 589 g/mol. The monoisotopic (exact) mass is 587 g/mol. The third-order valence-corrected chi connectivity index (χ3v) is 8.49. The van der Waals surface area contributed by atoms with Crippen LogP contribution in [0.1, 0.15) is 51.0 Å². The fourth-order valence-corrected chi connectivity index (χ4v) is 6.05. The van der Waals surface area contributed by atoms with Gasteiger partial charge in [0.2, 0.25) is 21.8 Å². The van der Waals surface area contributed by atoms with Crippen LogP contribution in [0.25, 0.3) is 0 Å². The van der Waals surface area contributed by atoms with Gasteiger partial charge in [0.1, 0.15) is 6.04 Å². The normalized spacial score (nSPS) is 14.8. The van der Waals surface area contributed by atoms with Crippen LogP contribution in [0.3, 0.4) is 0 Å². The van der Waals surface area contributed by atoms with Crippen molar-refractivity contribution in [1.29, 1.82) is 0 Å². The Morgan fingerprint density at radius 2 is 1.73 bits per heavy atom. The van der Waals surface area contributed by atoms with Crippen LogP contribution in [0, 0.1) is 0 Å². The van der Waals surface area contributed by atoms with Crippen LogP contribution in [0.5, 0.6) is 0 Å². The zero-order chi connectivity index (χ0) is 27.2. The molecule has 1 aliphatic carbocycles. The van der Waals surface area contributed by atoms with E-state index in [-0.39, 0.29) is 43.8 Å². The van der Waals surface area contributed by atoms with Crippen molar-refractivity contribution in [3.05, 3.63) is 63.1 Å². The quantitative estimate of drug-likeness (QED) is 0.367. The lowest BCUT2D eigenvalue weighted by molar-refractivity contribution is -0.140. The number of carbonyl (C=O) groups is 2. The molecule has 0 radical (unpaired) electrons. The maximum Gasteiger partial charge on any atom is 0.242 e. The Balaban J connectivity index is 1.74. The molecule has 0 unspecified atom stereocenters. The molecule has 1 fully saturated rings. The Bertz CT molecular complexity index is 1220. The lowest BCUT2D eigenvalue weighted by Crippen LogP contribution is -2.49. The zero-order valence-corrected chi connectivity index (χ0v) is 24.0. The second-order valence-corrected chi connectivity index (χ2v) is 12.5. The lowest BCUT2D eigenvalue weighted by Gasteiger charge is -2.30. The third kappa shape index (κ3) is 8.50. The SMILES string of the molecule is C[C@H](C(=O)NC1CCCC1)N(Cc1ccc(Cl)cc1Cl)C(=O)CCCN(c1cccc(Cl)c1)S(C)(=O)=O. The van der Waals surface area contributed by atoms with Crippen molar-refractivity contribution in [3.8, 4) is 0 Å². The number of hydrogen-bond acceptors (Lipinski definition) is 4. The second kappa shape index (κ2) is 13.2. The van der Waals surface area contributed by atoms with E-state index in [1.807, 2.05) is 0 Å².